The Hall–Kier alpha value is -1.06. The maximum absolute atomic E-state index is 11.3. The third-order valence-corrected chi connectivity index (χ3v) is 1.85. The van der Waals surface area contributed by atoms with Crippen LogP contribution in [0.25, 0.3) is 0 Å². The molecule has 0 aromatic heterocycles. The lowest BCUT2D eigenvalue weighted by Crippen LogP contribution is -2.29. The Kier molecular flexibility index (Phi) is 6.80. The smallest absolute Gasteiger partial charge is 0.307 e. The van der Waals surface area contributed by atoms with Crippen molar-refractivity contribution in [1.82, 2.24) is 4.90 Å². The van der Waals surface area contributed by atoms with Gasteiger partial charge in [-0.3, -0.25) is 9.59 Å². The third kappa shape index (κ3) is 5.56. The summed E-state index contributed by atoms with van der Waals surface area (Å²) < 4.78 is 4.76. The molecule has 4 nitrogen and oxygen atoms in total. The van der Waals surface area contributed by atoms with Gasteiger partial charge >= 0.3 is 5.97 Å². The molecule has 0 rings (SSSR count). The normalized spacial score (nSPS) is 9.64. The third-order valence-electron chi connectivity index (χ3n) is 1.85. The lowest BCUT2D eigenvalue weighted by Gasteiger charge is -2.15. The number of hydrogen-bond acceptors (Lipinski definition) is 3. The molecule has 0 unspecified atom stereocenters. The van der Waals surface area contributed by atoms with Crippen LogP contribution < -0.4 is 0 Å². The zero-order valence-electron chi connectivity index (χ0n) is 9.21. The molecular weight excluding hydrogens is 182 g/mol. The van der Waals surface area contributed by atoms with Gasteiger partial charge in [0.15, 0.2) is 0 Å². The van der Waals surface area contributed by atoms with Gasteiger partial charge in [0.1, 0.15) is 0 Å². The van der Waals surface area contributed by atoms with E-state index in [0.717, 1.165) is 6.42 Å². The zero-order chi connectivity index (χ0) is 11.0. The minimum atomic E-state index is -0.247. The highest BCUT2D eigenvalue weighted by Crippen LogP contribution is 1.97. The van der Waals surface area contributed by atoms with Crippen molar-refractivity contribution in [2.24, 2.45) is 0 Å². The average molecular weight is 201 g/mol. The van der Waals surface area contributed by atoms with Gasteiger partial charge in [-0.05, 0) is 13.3 Å². The molecule has 0 N–H and O–H groups in total. The summed E-state index contributed by atoms with van der Waals surface area (Å²) in [6, 6.07) is 0. The number of nitrogens with zero attached hydrogens (tertiary/aromatic N) is 1. The van der Waals surface area contributed by atoms with E-state index in [0.29, 0.717) is 19.6 Å². The van der Waals surface area contributed by atoms with Crippen molar-refractivity contribution in [2.45, 2.75) is 33.1 Å². The lowest BCUT2D eigenvalue weighted by atomic mass is 10.3. The van der Waals surface area contributed by atoms with E-state index < -0.39 is 0 Å². The minimum absolute atomic E-state index is 0.0804. The topological polar surface area (TPSA) is 46.6 Å². The van der Waals surface area contributed by atoms with Crippen LogP contribution in [0, 0.1) is 0 Å². The van der Waals surface area contributed by atoms with Gasteiger partial charge in [0.2, 0.25) is 5.91 Å². The van der Waals surface area contributed by atoms with E-state index in [2.05, 4.69) is 0 Å². The largest absolute Gasteiger partial charge is 0.466 e. The van der Waals surface area contributed by atoms with Gasteiger partial charge in [-0.1, -0.05) is 6.92 Å². The van der Waals surface area contributed by atoms with E-state index in [1.54, 1.807) is 18.9 Å². The molecule has 4 heteroatoms. The first kappa shape index (κ1) is 12.9. The summed E-state index contributed by atoms with van der Waals surface area (Å²) in [6.45, 7) is 4.56. The van der Waals surface area contributed by atoms with Crippen LogP contribution in [-0.2, 0) is 14.3 Å². The van der Waals surface area contributed by atoms with Crippen LogP contribution in [0.15, 0.2) is 0 Å². The summed E-state index contributed by atoms with van der Waals surface area (Å²) in [4.78, 5) is 23.8. The van der Waals surface area contributed by atoms with Crippen LogP contribution in [-0.4, -0.2) is 37.0 Å². The molecule has 0 aromatic carbocycles. The molecule has 0 saturated heterocycles. The fraction of sp³-hybridized carbons (Fsp3) is 0.800. The van der Waals surface area contributed by atoms with E-state index in [1.807, 2.05) is 6.92 Å². The second-order valence-corrected chi connectivity index (χ2v) is 3.12. The maximum atomic E-state index is 11.3. The lowest BCUT2D eigenvalue weighted by molar-refractivity contribution is -0.143. The highest BCUT2D eigenvalue weighted by atomic mass is 16.5. The number of amides is 1. The Morgan fingerprint density at radius 1 is 1.21 bits per heavy atom. The Morgan fingerprint density at radius 2 is 1.86 bits per heavy atom. The Bertz CT molecular complexity index is 192. The van der Waals surface area contributed by atoms with Crippen LogP contribution >= 0.6 is 0 Å². The average Bonchev–Trinajstić information content (AvgIpc) is 2.15. The van der Waals surface area contributed by atoms with E-state index >= 15 is 0 Å². The van der Waals surface area contributed by atoms with Crippen molar-refractivity contribution >= 4 is 11.9 Å². The van der Waals surface area contributed by atoms with Crippen LogP contribution in [0.3, 0.4) is 0 Å². The molecule has 0 fully saturated rings. The molecular formula is C10H19NO3. The van der Waals surface area contributed by atoms with Gasteiger partial charge in [0.05, 0.1) is 13.0 Å². The van der Waals surface area contributed by atoms with Crippen molar-refractivity contribution in [2.75, 3.05) is 20.2 Å². The molecule has 0 saturated carbocycles. The fourth-order valence-corrected chi connectivity index (χ4v) is 1.02. The van der Waals surface area contributed by atoms with Crippen molar-refractivity contribution in [3.8, 4) is 0 Å². The summed E-state index contributed by atoms with van der Waals surface area (Å²) in [6.07, 6.45) is 1.65. The summed E-state index contributed by atoms with van der Waals surface area (Å²) in [5, 5.41) is 0. The summed E-state index contributed by atoms with van der Waals surface area (Å²) in [5.41, 5.74) is 0. The fourth-order valence-electron chi connectivity index (χ4n) is 1.02. The second-order valence-electron chi connectivity index (χ2n) is 3.12. The van der Waals surface area contributed by atoms with Gasteiger partial charge in [0, 0.05) is 20.0 Å². The van der Waals surface area contributed by atoms with Gasteiger partial charge in [-0.15, -0.1) is 0 Å². The van der Waals surface area contributed by atoms with Crippen molar-refractivity contribution in [3.05, 3.63) is 0 Å². The number of esters is 1. The molecule has 82 valence electrons. The predicted octanol–water partition coefficient (Wildman–Crippen LogP) is 1.20. The first-order valence-electron chi connectivity index (χ1n) is 5.01. The minimum Gasteiger partial charge on any atom is -0.466 e. The molecule has 0 bridgehead atoms. The van der Waals surface area contributed by atoms with E-state index in [-0.39, 0.29) is 18.3 Å². The quantitative estimate of drug-likeness (QED) is 0.607. The number of carbonyl (C=O) groups excluding carboxylic acids is 2. The van der Waals surface area contributed by atoms with Crippen LogP contribution in [0.1, 0.15) is 33.1 Å². The first-order chi connectivity index (χ1) is 6.61. The zero-order valence-corrected chi connectivity index (χ0v) is 9.21. The molecule has 0 spiro atoms. The van der Waals surface area contributed by atoms with Crippen LogP contribution in [0.4, 0.5) is 0 Å². The highest BCUT2D eigenvalue weighted by Gasteiger charge is 2.09. The SMILES string of the molecule is CCCC(=O)N(C)CCC(=O)OCC. The molecule has 0 atom stereocenters. The van der Waals surface area contributed by atoms with E-state index in [1.165, 1.54) is 0 Å². The van der Waals surface area contributed by atoms with E-state index in [9.17, 15) is 9.59 Å². The highest BCUT2D eigenvalue weighted by molar-refractivity contribution is 5.76. The van der Waals surface area contributed by atoms with Crippen molar-refractivity contribution < 1.29 is 14.3 Å². The molecule has 0 aliphatic heterocycles. The summed E-state index contributed by atoms with van der Waals surface area (Å²) >= 11 is 0. The van der Waals surface area contributed by atoms with Gasteiger partial charge in [-0.2, -0.15) is 0 Å². The Balaban J connectivity index is 3.67. The van der Waals surface area contributed by atoms with Crippen molar-refractivity contribution in [1.29, 1.82) is 0 Å². The Morgan fingerprint density at radius 3 is 2.36 bits per heavy atom. The molecule has 14 heavy (non-hydrogen) atoms. The maximum Gasteiger partial charge on any atom is 0.307 e. The molecule has 0 aliphatic carbocycles. The summed E-state index contributed by atoms with van der Waals surface area (Å²) in [5.74, 6) is -0.166. The Labute approximate surface area is 85.2 Å². The molecule has 1 amide bonds. The number of rotatable bonds is 6. The monoisotopic (exact) mass is 201 g/mol. The molecule has 0 heterocycles. The van der Waals surface area contributed by atoms with Crippen LogP contribution in [0.5, 0.6) is 0 Å². The molecule has 0 radical (unpaired) electrons. The predicted molar refractivity (Wildman–Crippen MR) is 53.8 cm³/mol. The van der Waals surface area contributed by atoms with Crippen molar-refractivity contribution in [3.63, 3.8) is 0 Å². The number of hydrogen-bond donors (Lipinski definition) is 0. The first-order valence-corrected chi connectivity index (χ1v) is 5.01. The van der Waals surface area contributed by atoms with E-state index in [4.69, 9.17) is 4.74 Å². The van der Waals surface area contributed by atoms with Gasteiger partial charge in [0.25, 0.3) is 0 Å². The van der Waals surface area contributed by atoms with Crippen LogP contribution in [0.2, 0.25) is 0 Å². The molecule has 0 aliphatic rings. The number of ether oxygens (including phenoxy) is 1. The standard InChI is InChI=1S/C10H19NO3/c1-4-6-9(12)11(3)8-7-10(13)14-5-2/h4-8H2,1-3H3. The molecule has 0 aromatic rings. The second kappa shape index (κ2) is 7.35. The number of carbonyl (C=O) groups is 2. The van der Waals surface area contributed by atoms with Gasteiger partial charge < -0.3 is 9.64 Å². The van der Waals surface area contributed by atoms with Gasteiger partial charge in [-0.25, -0.2) is 0 Å². The summed E-state index contributed by atoms with van der Waals surface area (Å²) in [7, 11) is 1.71.